The average molecular weight is 350 g/mol. The number of hydrogen-bond acceptors (Lipinski definition) is 6. The molecule has 134 valence electrons. The number of benzene rings is 1. The van der Waals surface area contributed by atoms with E-state index >= 15 is 0 Å². The first-order chi connectivity index (χ1) is 12.9. The minimum Gasteiger partial charge on any atom is -0.493 e. The fourth-order valence-electron chi connectivity index (χ4n) is 3.86. The lowest BCUT2D eigenvalue weighted by Gasteiger charge is -2.40. The summed E-state index contributed by atoms with van der Waals surface area (Å²) in [6, 6.07) is 12.4. The highest BCUT2D eigenvalue weighted by atomic mass is 16.5. The minimum atomic E-state index is 0.550. The zero-order valence-electron chi connectivity index (χ0n) is 14.6. The van der Waals surface area contributed by atoms with Crippen molar-refractivity contribution in [1.29, 1.82) is 0 Å². The first-order valence-corrected chi connectivity index (χ1v) is 9.21. The summed E-state index contributed by atoms with van der Waals surface area (Å²) >= 11 is 0. The van der Waals surface area contributed by atoms with Crippen molar-refractivity contribution in [3.63, 3.8) is 0 Å². The van der Waals surface area contributed by atoms with E-state index in [0.29, 0.717) is 11.8 Å². The van der Waals surface area contributed by atoms with E-state index in [2.05, 4.69) is 43.7 Å². The molecule has 5 rings (SSSR count). The summed E-state index contributed by atoms with van der Waals surface area (Å²) in [7, 11) is 0. The van der Waals surface area contributed by atoms with Crippen LogP contribution < -0.4 is 15.0 Å². The number of nitrogens with zero attached hydrogens (tertiary/aromatic N) is 5. The van der Waals surface area contributed by atoms with Crippen LogP contribution >= 0.6 is 0 Å². The van der Waals surface area contributed by atoms with Gasteiger partial charge in [-0.25, -0.2) is 0 Å². The molecular formula is C19H22N6O. The highest BCUT2D eigenvalue weighted by Crippen LogP contribution is 2.32. The molecule has 1 aromatic carbocycles. The Balaban J connectivity index is 1.12. The summed E-state index contributed by atoms with van der Waals surface area (Å²) in [6.07, 6.45) is 2.73. The first-order valence-electron chi connectivity index (χ1n) is 9.21. The molecule has 2 aromatic heterocycles. The smallest absolute Gasteiger partial charge is 0.177 e. The fourth-order valence-corrected chi connectivity index (χ4v) is 3.86. The lowest BCUT2D eigenvalue weighted by Crippen LogP contribution is -2.51. The van der Waals surface area contributed by atoms with Gasteiger partial charge in [0.2, 0.25) is 0 Å². The molecule has 0 aliphatic carbocycles. The van der Waals surface area contributed by atoms with Gasteiger partial charge in [0.1, 0.15) is 17.9 Å². The third kappa shape index (κ3) is 2.88. The van der Waals surface area contributed by atoms with Crippen molar-refractivity contribution in [1.82, 2.24) is 25.1 Å². The number of nitrogens with one attached hydrogen (secondary N) is 1. The van der Waals surface area contributed by atoms with Gasteiger partial charge in [-0.2, -0.15) is 4.52 Å². The first kappa shape index (κ1) is 15.6. The van der Waals surface area contributed by atoms with Crippen LogP contribution in [-0.2, 0) is 0 Å². The summed E-state index contributed by atoms with van der Waals surface area (Å²) < 4.78 is 7.47. The Morgan fingerprint density at radius 3 is 3.00 bits per heavy atom. The molecule has 0 spiro atoms. The summed E-state index contributed by atoms with van der Waals surface area (Å²) in [5, 5.41) is 16.1. The SMILES string of the molecule is c1ccc2c(c1)OCCC2CNCC1CN(c2ccc3nncn3n2)C1. The monoisotopic (exact) mass is 350 g/mol. The fraction of sp³-hybridized carbons (Fsp3) is 0.421. The number of para-hydroxylation sites is 1. The predicted molar refractivity (Wildman–Crippen MR) is 98.6 cm³/mol. The number of fused-ring (bicyclic) bond motifs is 2. The number of rotatable bonds is 5. The van der Waals surface area contributed by atoms with Gasteiger partial charge < -0.3 is 15.0 Å². The average Bonchev–Trinajstić information content (AvgIpc) is 3.11. The topological polar surface area (TPSA) is 67.6 Å². The van der Waals surface area contributed by atoms with Gasteiger partial charge in [0.25, 0.3) is 0 Å². The zero-order valence-corrected chi connectivity index (χ0v) is 14.6. The van der Waals surface area contributed by atoms with Crippen molar-refractivity contribution in [2.75, 3.05) is 37.7 Å². The molecule has 1 saturated heterocycles. The lowest BCUT2D eigenvalue weighted by atomic mass is 9.92. The van der Waals surface area contributed by atoms with Gasteiger partial charge in [-0.05, 0) is 30.2 Å². The normalized spacial score (nSPS) is 19.8. The Morgan fingerprint density at radius 2 is 2.04 bits per heavy atom. The van der Waals surface area contributed by atoms with Crippen LogP contribution in [0.2, 0.25) is 0 Å². The second kappa shape index (κ2) is 6.57. The third-order valence-corrected chi connectivity index (χ3v) is 5.34. The molecule has 26 heavy (non-hydrogen) atoms. The Labute approximate surface area is 152 Å². The van der Waals surface area contributed by atoms with Gasteiger partial charge in [-0.1, -0.05) is 18.2 Å². The molecule has 7 heteroatoms. The predicted octanol–water partition coefficient (Wildman–Crippen LogP) is 1.72. The number of aromatic nitrogens is 4. The molecule has 0 bridgehead atoms. The number of ether oxygens (including phenoxy) is 1. The Hall–Kier alpha value is -2.67. The molecule has 2 aliphatic rings. The lowest BCUT2D eigenvalue weighted by molar-refractivity contribution is 0.262. The van der Waals surface area contributed by atoms with Crippen molar-refractivity contribution in [3.05, 3.63) is 48.3 Å². The maximum atomic E-state index is 5.75. The van der Waals surface area contributed by atoms with E-state index in [0.717, 1.165) is 56.4 Å². The van der Waals surface area contributed by atoms with Crippen LogP contribution in [0.25, 0.3) is 5.65 Å². The molecule has 3 aromatic rings. The van der Waals surface area contributed by atoms with Crippen molar-refractivity contribution in [2.24, 2.45) is 5.92 Å². The molecular weight excluding hydrogens is 328 g/mol. The van der Waals surface area contributed by atoms with Crippen LogP contribution in [0.1, 0.15) is 17.9 Å². The molecule has 0 radical (unpaired) electrons. The standard InChI is InChI=1S/C19H22N6O/c1-2-4-17-16(3-1)15(7-8-26-17)10-20-9-14-11-24(12-14)19-6-5-18-22-21-13-25(18)23-19/h1-6,13-15,20H,7-12H2. The largest absolute Gasteiger partial charge is 0.493 e. The van der Waals surface area contributed by atoms with Crippen LogP contribution in [0.4, 0.5) is 5.82 Å². The Bertz CT molecular complexity index is 904. The number of hydrogen-bond donors (Lipinski definition) is 1. The Morgan fingerprint density at radius 1 is 1.12 bits per heavy atom. The van der Waals surface area contributed by atoms with Gasteiger partial charge in [-0.15, -0.1) is 15.3 Å². The molecule has 4 heterocycles. The second-order valence-corrected chi connectivity index (χ2v) is 7.13. The summed E-state index contributed by atoms with van der Waals surface area (Å²) in [5.74, 6) is 3.26. The number of anilines is 1. The maximum absolute atomic E-state index is 5.75. The van der Waals surface area contributed by atoms with Crippen LogP contribution in [0.3, 0.4) is 0 Å². The highest BCUT2D eigenvalue weighted by molar-refractivity contribution is 5.46. The van der Waals surface area contributed by atoms with E-state index in [4.69, 9.17) is 4.74 Å². The zero-order chi connectivity index (χ0) is 17.3. The van der Waals surface area contributed by atoms with E-state index in [9.17, 15) is 0 Å². The van der Waals surface area contributed by atoms with Gasteiger partial charge in [0.15, 0.2) is 5.65 Å². The molecule has 1 atom stereocenters. The van der Waals surface area contributed by atoms with Crippen molar-refractivity contribution < 1.29 is 4.74 Å². The van der Waals surface area contributed by atoms with E-state index in [1.807, 2.05) is 18.2 Å². The van der Waals surface area contributed by atoms with E-state index in [1.165, 1.54) is 5.56 Å². The highest BCUT2D eigenvalue weighted by Gasteiger charge is 2.28. The summed E-state index contributed by atoms with van der Waals surface area (Å²) in [4.78, 5) is 2.30. The van der Waals surface area contributed by atoms with Gasteiger partial charge >= 0.3 is 0 Å². The van der Waals surface area contributed by atoms with Gasteiger partial charge in [-0.3, -0.25) is 0 Å². The van der Waals surface area contributed by atoms with Crippen LogP contribution in [-0.4, -0.2) is 52.6 Å². The molecule has 1 N–H and O–H groups in total. The second-order valence-electron chi connectivity index (χ2n) is 7.13. The third-order valence-electron chi connectivity index (χ3n) is 5.34. The summed E-state index contributed by atoms with van der Waals surface area (Å²) in [6.45, 7) is 4.96. The molecule has 2 aliphatic heterocycles. The van der Waals surface area contributed by atoms with Gasteiger partial charge in [0, 0.05) is 38.0 Å². The van der Waals surface area contributed by atoms with Crippen LogP contribution in [0.15, 0.2) is 42.7 Å². The summed E-state index contributed by atoms with van der Waals surface area (Å²) in [5.41, 5.74) is 2.12. The van der Waals surface area contributed by atoms with E-state index < -0.39 is 0 Å². The Kier molecular flexibility index (Phi) is 3.93. The van der Waals surface area contributed by atoms with Crippen molar-refractivity contribution in [3.8, 4) is 5.75 Å². The quantitative estimate of drug-likeness (QED) is 0.756. The van der Waals surface area contributed by atoms with Crippen molar-refractivity contribution >= 4 is 11.5 Å². The molecule has 1 unspecified atom stereocenters. The molecule has 0 saturated carbocycles. The van der Waals surface area contributed by atoms with Crippen molar-refractivity contribution in [2.45, 2.75) is 12.3 Å². The van der Waals surface area contributed by atoms with E-state index in [1.54, 1.807) is 10.8 Å². The minimum absolute atomic E-state index is 0.550. The molecule has 7 nitrogen and oxygen atoms in total. The van der Waals surface area contributed by atoms with Crippen LogP contribution in [0.5, 0.6) is 5.75 Å². The molecule has 0 amide bonds. The van der Waals surface area contributed by atoms with Crippen LogP contribution in [0, 0.1) is 5.92 Å². The van der Waals surface area contributed by atoms with E-state index in [-0.39, 0.29) is 0 Å². The maximum Gasteiger partial charge on any atom is 0.177 e. The molecule has 1 fully saturated rings. The van der Waals surface area contributed by atoms with Gasteiger partial charge in [0.05, 0.1) is 6.61 Å².